The minimum atomic E-state index is -0.710. The van der Waals surface area contributed by atoms with Gasteiger partial charge in [0.05, 0.1) is 38.9 Å². The van der Waals surface area contributed by atoms with Gasteiger partial charge in [-0.3, -0.25) is 19.5 Å². The number of hydrogen-bond donors (Lipinski definition) is 0. The molecular weight excluding hydrogens is 530 g/mol. The van der Waals surface area contributed by atoms with Gasteiger partial charge in [-0.2, -0.15) is 0 Å². The number of benzene rings is 2. The van der Waals surface area contributed by atoms with Crippen LogP contribution >= 0.6 is 11.3 Å². The SMILES string of the molecule is CCOC(=O)C1=C(C)N=c2s/c(=C\c3ccc(-c4ccccc4[N+](=O)[O-])o3)c(=O)n2[C@@H]1c1ccc(C(C)C)cc1. The number of carbonyl (C=O) groups excluding carboxylic acids is 1. The molecule has 0 N–H and O–H groups in total. The Morgan fingerprint density at radius 2 is 1.90 bits per heavy atom. The average molecular weight is 558 g/mol. The summed E-state index contributed by atoms with van der Waals surface area (Å²) in [6.45, 7) is 7.87. The monoisotopic (exact) mass is 557 g/mol. The lowest BCUT2D eigenvalue weighted by atomic mass is 9.93. The molecule has 4 aromatic rings. The highest BCUT2D eigenvalue weighted by atomic mass is 32.1. The molecule has 0 spiro atoms. The van der Waals surface area contributed by atoms with E-state index in [-0.39, 0.29) is 17.9 Å². The Hall–Kier alpha value is -4.57. The Labute approximate surface area is 233 Å². The van der Waals surface area contributed by atoms with Crippen LogP contribution in [0.25, 0.3) is 17.4 Å². The van der Waals surface area contributed by atoms with Crippen molar-refractivity contribution in [2.24, 2.45) is 4.99 Å². The number of aromatic nitrogens is 1. The Morgan fingerprint density at radius 3 is 2.58 bits per heavy atom. The molecule has 0 radical (unpaired) electrons. The van der Waals surface area contributed by atoms with E-state index in [0.29, 0.717) is 43.6 Å². The predicted octanol–water partition coefficient (Wildman–Crippen LogP) is 5.09. The Kier molecular flexibility index (Phi) is 7.36. The number of nitro groups is 1. The van der Waals surface area contributed by atoms with E-state index in [0.717, 1.165) is 11.1 Å². The number of allylic oxidation sites excluding steroid dienone is 1. The second-order valence-corrected chi connectivity index (χ2v) is 10.6. The third-order valence-corrected chi connectivity index (χ3v) is 7.69. The number of thiazole rings is 1. The lowest BCUT2D eigenvalue weighted by Crippen LogP contribution is -2.39. The van der Waals surface area contributed by atoms with Crippen molar-refractivity contribution in [2.75, 3.05) is 6.61 Å². The standard InChI is InChI=1S/C30H27N3O6S/c1-5-38-29(35)26-18(4)31-30-32(27(26)20-12-10-19(11-13-20)17(2)3)28(34)25(40-30)16-21-14-15-24(39-21)22-8-6-7-9-23(22)33(36)37/h6-17,27H,5H2,1-4H3/b25-16-/t27-/m1/s1. The summed E-state index contributed by atoms with van der Waals surface area (Å²) in [6, 6.07) is 16.7. The summed E-state index contributed by atoms with van der Waals surface area (Å²) in [5.74, 6) is 0.483. The van der Waals surface area contributed by atoms with Gasteiger partial charge in [-0.25, -0.2) is 9.79 Å². The number of fused-ring (bicyclic) bond motifs is 1. The van der Waals surface area contributed by atoms with E-state index < -0.39 is 16.9 Å². The van der Waals surface area contributed by atoms with Crippen LogP contribution in [-0.4, -0.2) is 22.1 Å². The average Bonchev–Trinajstić information content (AvgIpc) is 3.52. The van der Waals surface area contributed by atoms with Gasteiger partial charge in [0.2, 0.25) is 0 Å². The lowest BCUT2D eigenvalue weighted by Gasteiger charge is -2.25. The zero-order chi connectivity index (χ0) is 28.6. The zero-order valence-corrected chi connectivity index (χ0v) is 23.2. The Bertz CT molecular complexity index is 1830. The molecule has 40 heavy (non-hydrogen) atoms. The van der Waals surface area contributed by atoms with Crippen LogP contribution in [0.3, 0.4) is 0 Å². The molecule has 9 nitrogen and oxygen atoms in total. The van der Waals surface area contributed by atoms with E-state index in [1.165, 1.54) is 22.0 Å². The van der Waals surface area contributed by atoms with Gasteiger partial charge in [-0.15, -0.1) is 0 Å². The van der Waals surface area contributed by atoms with E-state index >= 15 is 0 Å². The van der Waals surface area contributed by atoms with Crippen LogP contribution in [0.5, 0.6) is 0 Å². The van der Waals surface area contributed by atoms with Gasteiger partial charge in [0.1, 0.15) is 11.5 Å². The number of carbonyl (C=O) groups is 1. The van der Waals surface area contributed by atoms with Gasteiger partial charge in [0.15, 0.2) is 4.80 Å². The molecular formula is C30H27N3O6S. The first-order valence-electron chi connectivity index (χ1n) is 12.8. The number of rotatable bonds is 7. The summed E-state index contributed by atoms with van der Waals surface area (Å²) in [5, 5.41) is 11.5. The normalized spacial score (nSPS) is 15.2. The van der Waals surface area contributed by atoms with Crippen LogP contribution in [0.4, 0.5) is 5.69 Å². The maximum Gasteiger partial charge on any atom is 0.338 e. The van der Waals surface area contributed by atoms with Crippen molar-refractivity contribution < 1.29 is 18.9 Å². The van der Waals surface area contributed by atoms with Gasteiger partial charge in [-0.05, 0) is 49.1 Å². The summed E-state index contributed by atoms with van der Waals surface area (Å²) in [6.07, 6.45) is 1.59. The van der Waals surface area contributed by atoms with Crippen molar-refractivity contribution in [3.63, 3.8) is 0 Å². The molecule has 1 aliphatic rings. The van der Waals surface area contributed by atoms with Crippen LogP contribution < -0.4 is 14.9 Å². The van der Waals surface area contributed by atoms with Crippen LogP contribution in [0.15, 0.2) is 86.1 Å². The number of para-hydroxylation sites is 1. The van der Waals surface area contributed by atoms with Crippen LogP contribution in [0.1, 0.15) is 56.5 Å². The highest BCUT2D eigenvalue weighted by molar-refractivity contribution is 7.07. The summed E-state index contributed by atoms with van der Waals surface area (Å²) in [4.78, 5) is 42.9. The summed E-state index contributed by atoms with van der Waals surface area (Å²) in [7, 11) is 0. The third-order valence-electron chi connectivity index (χ3n) is 6.70. The van der Waals surface area contributed by atoms with Gasteiger partial charge < -0.3 is 9.15 Å². The summed E-state index contributed by atoms with van der Waals surface area (Å²) in [5.41, 5.74) is 2.64. The van der Waals surface area contributed by atoms with Crippen LogP contribution in [-0.2, 0) is 9.53 Å². The second kappa shape index (κ2) is 10.9. The molecule has 1 atom stereocenters. The largest absolute Gasteiger partial charge is 0.463 e. The predicted molar refractivity (Wildman–Crippen MR) is 152 cm³/mol. The molecule has 0 saturated carbocycles. The smallest absolute Gasteiger partial charge is 0.338 e. The quantitative estimate of drug-likeness (QED) is 0.178. The maximum absolute atomic E-state index is 13.8. The summed E-state index contributed by atoms with van der Waals surface area (Å²) >= 11 is 1.18. The molecule has 2 aromatic carbocycles. The van der Waals surface area contributed by atoms with Crippen molar-refractivity contribution in [2.45, 2.75) is 39.7 Å². The van der Waals surface area contributed by atoms with E-state index in [2.05, 4.69) is 18.8 Å². The van der Waals surface area contributed by atoms with E-state index in [4.69, 9.17) is 9.15 Å². The molecule has 0 saturated heterocycles. The number of nitrogens with zero attached hydrogens (tertiary/aromatic N) is 3. The zero-order valence-electron chi connectivity index (χ0n) is 22.4. The number of ether oxygens (including phenoxy) is 1. The molecule has 0 aliphatic carbocycles. The van der Waals surface area contributed by atoms with Gasteiger partial charge in [0.25, 0.3) is 11.2 Å². The number of furan rings is 1. The first kappa shape index (κ1) is 27.0. The number of hydrogen-bond acceptors (Lipinski definition) is 8. The minimum absolute atomic E-state index is 0.0757. The molecule has 204 valence electrons. The lowest BCUT2D eigenvalue weighted by molar-refractivity contribution is -0.384. The van der Waals surface area contributed by atoms with Crippen molar-refractivity contribution in [3.05, 3.63) is 119 Å². The number of esters is 1. The van der Waals surface area contributed by atoms with Crippen LogP contribution in [0.2, 0.25) is 0 Å². The highest BCUT2D eigenvalue weighted by Gasteiger charge is 2.33. The fourth-order valence-corrected chi connectivity index (χ4v) is 5.74. The maximum atomic E-state index is 13.8. The third kappa shape index (κ3) is 4.93. The molecule has 0 amide bonds. The topological polar surface area (TPSA) is 117 Å². The van der Waals surface area contributed by atoms with Gasteiger partial charge in [0, 0.05) is 12.1 Å². The molecule has 0 fully saturated rings. The molecule has 2 aromatic heterocycles. The van der Waals surface area contributed by atoms with Crippen molar-refractivity contribution >= 4 is 29.1 Å². The van der Waals surface area contributed by atoms with Crippen molar-refractivity contribution in [1.82, 2.24) is 4.57 Å². The molecule has 10 heteroatoms. The van der Waals surface area contributed by atoms with E-state index in [1.54, 1.807) is 50.3 Å². The molecule has 5 rings (SSSR count). The first-order valence-corrected chi connectivity index (χ1v) is 13.6. The van der Waals surface area contributed by atoms with Crippen molar-refractivity contribution in [3.8, 4) is 11.3 Å². The molecule has 1 aliphatic heterocycles. The number of nitro benzene ring substituents is 1. The van der Waals surface area contributed by atoms with Crippen LogP contribution in [0, 0.1) is 10.1 Å². The first-order chi connectivity index (χ1) is 19.2. The highest BCUT2D eigenvalue weighted by Crippen LogP contribution is 2.32. The summed E-state index contributed by atoms with van der Waals surface area (Å²) < 4.78 is 13.1. The second-order valence-electron chi connectivity index (χ2n) is 9.60. The minimum Gasteiger partial charge on any atom is -0.463 e. The Balaban J connectivity index is 1.63. The molecule has 0 bridgehead atoms. The van der Waals surface area contributed by atoms with Gasteiger partial charge >= 0.3 is 5.97 Å². The fraction of sp³-hybridized carbons (Fsp3) is 0.233. The van der Waals surface area contributed by atoms with E-state index in [1.807, 2.05) is 24.3 Å². The Morgan fingerprint density at radius 1 is 1.18 bits per heavy atom. The van der Waals surface area contributed by atoms with E-state index in [9.17, 15) is 19.7 Å². The van der Waals surface area contributed by atoms with Crippen molar-refractivity contribution in [1.29, 1.82) is 0 Å². The fourth-order valence-electron chi connectivity index (χ4n) is 4.72. The molecule has 0 unspecified atom stereocenters. The van der Waals surface area contributed by atoms with Gasteiger partial charge in [-0.1, -0.05) is 61.6 Å². The molecule has 3 heterocycles.